The Hall–Kier alpha value is -2.68. The zero-order chi connectivity index (χ0) is 14.7. The molecule has 3 rings (SSSR count). The second-order valence-corrected chi connectivity index (χ2v) is 4.86. The fourth-order valence-corrected chi connectivity index (χ4v) is 2.46. The summed E-state index contributed by atoms with van der Waals surface area (Å²) in [6.45, 7) is 0. The zero-order valence-electron chi connectivity index (χ0n) is 11.7. The minimum atomic E-state index is -0.312. The van der Waals surface area contributed by atoms with Crippen LogP contribution in [-0.2, 0) is 11.2 Å². The molecular weight excluding hydrogens is 262 g/mol. The minimum Gasteiger partial charge on any atom is -0.465 e. The smallest absolute Gasteiger partial charge is 0.337 e. The number of carbonyl (C=O) groups excluding carboxylic acids is 1. The Morgan fingerprint density at radius 2 is 1.90 bits per heavy atom. The number of pyridine rings is 1. The molecule has 0 aliphatic rings. The van der Waals surface area contributed by atoms with Gasteiger partial charge in [0.25, 0.3) is 0 Å². The van der Waals surface area contributed by atoms with Crippen molar-refractivity contribution in [2.45, 2.75) is 6.42 Å². The number of fused-ring (bicyclic) bond motifs is 1. The van der Waals surface area contributed by atoms with Gasteiger partial charge in [-0.05, 0) is 35.7 Å². The number of benzene rings is 2. The summed E-state index contributed by atoms with van der Waals surface area (Å²) in [5.41, 5.74) is 3.79. The molecule has 21 heavy (non-hydrogen) atoms. The number of para-hydroxylation sites is 1. The number of rotatable bonds is 3. The summed E-state index contributed by atoms with van der Waals surface area (Å²) in [4.78, 5) is 16.1. The molecular formula is C18H15NO2. The van der Waals surface area contributed by atoms with E-state index in [9.17, 15) is 4.79 Å². The van der Waals surface area contributed by atoms with Crippen LogP contribution in [0.1, 0.15) is 21.5 Å². The van der Waals surface area contributed by atoms with Gasteiger partial charge in [-0.25, -0.2) is 4.79 Å². The minimum absolute atomic E-state index is 0.312. The van der Waals surface area contributed by atoms with E-state index in [0.717, 1.165) is 28.5 Å². The molecule has 0 bridgehead atoms. The number of hydrogen-bond acceptors (Lipinski definition) is 3. The van der Waals surface area contributed by atoms with Crippen LogP contribution in [0.15, 0.2) is 60.8 Å². The van der Waals surface area contributed by atoms with E-state index in [-0.39, 0.29) is 5.97 Å². The molecule has 0 saturated heterocycles. The van der Waals surface area contributed by atoms with E-state index in [2.05, 4.69) is 23.2 Å². The van der Waals surface area contributed by atoms with Gasteiger partial charge in [-0.1, -0.05) is 36.4 Å². The third-order valence-corrected chi connectivity index (χ3v) is 3.46. The third kappa shape index (κ3) is 2.77. The highest BCUT2D eigenvalue weighted by Crippen LogP contribution is 2.19. The van der Waals surface area contributed by atoms with Crippen molar-refractivity contribution in [3.05, 3.63) is 77.5 Å². The molecule has 0 atom stereocenters. The molecule has 0 unspecified atom stereocenters. The molecule has 3 heteroatoms. The van der Waals surface area contributed by atoms with Crippen LogP contribution in [-0.4, -0.2) is 18.1 Å². The number of hydrogen-bond donors (Lipinski definition) is 0. The highest BCUT2D eigenvalue weighted by molar-refractivity contribution is 5.89. The highest BCUT2D eigenvalue weighted by atomic mass is 16.5. The predicted octanol–water partition coefficient (Wildman–Crippen LogP) is 3.61. The van der Waals surface area contributed by atoms with Crippen LogP contribution < -0.4 is 0 Å². The maximum Gasteiger partial charge on any atom is 0.337 e. The van der Waals surface area contributed by atoms with E-state index in [0.29, 0.717) is 5.56 Å². The van der Waals surface area contributed by atoms with Crippen LogP contribution in [0.25, 0.3) is 10.9 Å². The Bertz CT molecular complexity index is 791. The fraction of sp³-hybridized carbons (Fsp3) is 0.111. The lowest BCUT2D eigenvalue weighted by molar-refractivity contribution is 0.0600. The second kappa shape index (κ2) is 5.75. The zero-order valence-corrected chi connectivity index (χ0v) is 11.7. The van der Waals surface area contributed by atoms with Crippen molar-refractivity contribution in [3.8, 4) is 0 Å². The Labute approximate surface area is 123 Å². The number of nitrogens with zero attached hydrogens (tertiary/aromatic N) is 1. The summed E-state index contributed by atoms with van der Waals surface area (Å²) in [7, 11) is 1.39. The highest BCUT2D eigenvalue weighted by Gasteiger charge is 2.07. The molecule has 0 fully saturated rings. The van der Waals surface area contributed by atoms with Gasteiger partial charge >= 0.3 is 5.97 Å². The van der Waals surface area contributed by atoms with Crippen LogP contribution in [0.3, 0.4) is 0 Å². The van der Waals surface area contributed by atoms with Crippen LogP contribution >= 0.6 is 0 Å². The Balaban J connectivity index is 1.97. The van der Waals surface area contributed by atoms with Crippen molar-refractivity contribution >= 4 is 16.9 Å². The molecule has 0 aliphatic heterocycles. The van der Waals surface area contributed by atoms with Crippen LogP contribution in [0.2, 0.25) is 0 Å². The molecule has 104 valence electrons. The van der Waals surface area contributed by atoms with Gasteiger partial charge in [0.2, 0.25) is 0 Å². The summed E-state index contributed by atoms with van der Waals surface area (Å²) in [6, 6.07) is 17.7. The Morgan fingerprint density at radius 1 is 1.10 bits per heavy atom. The molecule has 3 aromatic rings. The van der Waals surface area contributed by atoms with Gasteiger partial charge in [-0.3, -0.25) is 4.98 Å². The molecule has 0 saturated carbocycles. The maximum absolute atomic E-state index is 11.6. The topological polar surface area (TPSA) is 39.2 Å². The van der Waals surface area contributed by atoms with Crippen molar-refractivity contribution in [1.29, 1.82) is 0 Å². The first-order chi connectivity index (χ1) is 10.3. The van der Waals surface area contributed by atoms with E-state index in [1.165, 1.54) is 7.11 Å². The van der Waals surface area contributed by atoms with Gasteiger partial charge in [-0.2, -0.15) is 0 Å². The van der Waals surface area contributed by atoms with E-state index in [1.807, 2.05) is 30.3 Å². The Kier molecular flexibility index (Phi) is 3.65. The summed E-state index contributed by atoms with van der Waals surface area (Å²) in [5.74, 6) is -0.312. The molecule has 0 radical (unpaired) electrons. The first kappa shape index (κ1) is 13.3. The molecule has 0 spiro atoms. The molecule has 0 N–H and O–H groups in total. The van der Waals surface area contributed by atoms with E-state index < -0.39 is 0 Å². The van der Waals surface area contributed by atoms with Crippen molar-refractivity contribution in [1.82, 2.24) is 4.98 Å². The van der Waals surface area contributed by atoms with Crippen molar-refractivity contribution in [3.63, 3.8) is 0 Å². The summed E-state index contributed by atoms with van der Waals surface area (Å²) < 4.78 is 4.76. The van der Waals surface area contributed by atoms with Crippen molar-refractivity contribution < 1.29 is 9.53 Å². The monoisotopic (exact) mass is 277 g/mol. The lowest BCUT2D eigenvalue weighted by Gasteiger charge is -2.07. The second-order valence-electron chi connectivity index (χ2n) is 4.86. The number of methoxy groups -OCH3 is 1. The van der Waals surface area contributed by atoms with Crippen molar-refractivity contribution in [2.24, 2.45) is 0 Å². The number of aromatic nitrogens is 1. The average Bonchev–Trinajstić information content (AvgIpc) is 2.55. The number of carbonyl (C=O) groups is 1. The first-order valence-electron chi connectivity index (χ1n) is 6.78. The van der Waals surface area contributed by atoms with Gasteiger partial charge in [-0.15, -0.1) is 0 Å². The van der Waals surface area contributed by atoms with Crippen LogP contribution in [0.5, 0.6) is 0 Å². The standard InChI is InChI=1S/C18H15NO2/c1-21-18(20)16-8-2-5-13(12-16)11-15-7-3-6-14-9-4-10-19-17(14)15/h2-10,12H,11H2,1H3. The Morgan fingerprint density at radius 3 is 2.76 bits per heavy atom. The lowest BCUT2D eigenvalue weighted by Crippen LogP contribution is -2.02. The van der Waals surface area contributed by atoms with E-state index in [1.54, 1.807) is 12.3 Å². The molecule has 0 aliphatic carbocycles. The largest absolute Gasteiger partial charge is 0.465 e. The number of esters is 1. The quantitative estimate of drug-likeness (QED) is 0.686. The third-order valence-electron chi connectivity index (χ3n) is 3.46. The average molecular weight is 277 g/mol. The van der Waals surface area contributed by atoms with Gasteiger partial charge in [0.15, 0.2) is 0 Å². The SMILES string of the molecule is COC(=O)c1cccc(Cc2cccc3cccnc23)c1. The molecule has 1 heterocycles. The summed E-state index contributed by atoms with van der Waals surface area (Å²) >= 11 is 0. The summed E-state index contributed by atoms with van der Waals surface area (Å²) in [5, 5.41) is 1.12. The van der Waals surface area contributed by atoms with Gasteiger partial charge in [0, 0.05) is 11.6 Å². The van der Waals surface area contributed by atoms with Gasteiger partial charge in [0.05, 0.1) is 18.2 Å². The van der Waals surface area contributed by atoms with Gasteiger partial charge < -0.3 is 4.74 Å². The van der Waals surface area contributed by atoms with Crippen molar-refractivity contribution in [2.75, 3.05) is 7.11 Å². The normalized spacial score (nSPS) is 10.5. The molecule has 3 nitrogen and oxygen atoms in total. The lowest BCUT2D eigenvalue weighted by atomic mass is 10.0. The maximum atomic E-state index is 11.6. The molecule has 2 aromatic carbocycles. The molecule has 1 aromatic heterocycles. The predicted molar refractivity (Wildman–Crippen MR) is 82.3 cm³/mol. The van der Waals surface area contributed by atoms with Crippen LogP contribution in [0, 0.1) is 0 Å². The fourth-order valence-electron chi connectivity index (χ4n) is 2.46. The van der Waals surface area contributed by atoms with Gasteiger partial charge in [0.1, 0.15) is 0 Å². The summed E-state index contributed by atoms with van der Waals surface area (Å²) in [6.07, 6.45) is 2.54. The molecule has 0 amide bonds. The van der Waals surface area contributed by atoms with E-state index in [4.69, 9.17) is 4.74 Å². The number of ether oxygens (including phenoxy) is 1. The first-order valence-corrected chi connectivity index (χ1v) is 6.78. The van der Waals surface area contributed by atoms with Crippen LogP contribution in [0.4, 0.5) is 0 Å². The van der Waals surface area contributed by atoms with E-state index >= 15 is 0 Å².